The standard InChI is InChI=1S/C31H31N2.C13H24O2.Ir/c1-30(2,3)19-21-13-15-33-29-24(21)11-12-25-26(29)14-16-32-28(25)22-17-20-9-7-8-10-23(20)27(18-22)31(4,5)6;1-5-10(6-2)12(14)9-13(15)11(7-3)8-4;/h7-16,18H,19H2,1-6H3;9-11,14H,5-8H2,1-4H3;/q-1;;/b;12-9-;. The third-order valence-corrected chi connectivity index (χ3v) is 9.38. The van der Waals surface area contributed by atoms with Gasteiger partial charge in [0.15, 0.2) is 5.78 Å². The van der Waals surface area contributed by atoms with Gasteiger partial charge >= 0.3 is 0 Å². The number of hydrogen-bond donors (Lipinski definition) is 1. The Kier molecular flexibility index (Phi) is 13.9. The van der Waals surface area contributed by atoms with Crippen LogP contribution in [0.3, 0.4) is 0 Å². The summed E-state index contributed by atoms with van der Waals surface area (Å²) in [6.45, 7) is 21.7. The van der Waals surface area contributed by atoms with Crippen LogP contribution in [0.1, 0.15) is 106 Å². The molecule has 0 saturated heterocycles. The van der Waals surface area contributed by atoms with Crippen molar-refractivity contribution in [2.75, 3.05) is 0 Å². The average Bonchev–Trinajstić information content (AvgIpc) is 3.04. The van der Waals surface area contributed by atoms with Crippen molar-refractivity contribution in [2.45, 2.75) is 107 Å². The molecule has 0 bridgehead atoms. The monoisotopic (exact) mass is 836 g/mol. The molecule has 5 rings (SSSR count). The second kappa shape index (κ2) is 17.0. The van der Waals surface area contributed by atoms with Gasteiger partial charge in [0.05, 0.1) is 11.3 Å². The molecule has 1 N–H and O–H groups in total. The van der Waals surface area contributed by atoms with Crippen molar-refractivity contribution in [1.29, 1.82) is 0 Å². The zero-order valence-corrected chi connectivity index (χ0v) is 33.6. The van der Waals surface area contributed by atoms with Gasteiger partial charge in [0, 0.05) is 66.9 Å². The van der Waals surface area contributed by atoms with Crippen LogP contribution in [-0.2, 0) is 36.7 Å². The second-order valence-electron chi connectivity index (χ2n) is 15.3. The number of aliphatic hydroxyl groups excluding tert-OH is 1. The Hall–Kier alpha value is -3.40. The average molecular weight is 836 g/mol. The molecule has 0 aliphatic rings. The summed E-state index contributed by atoms with van der Waals surface area (Å²) >= 11 is 0. The molecule has 2 heterocycles. The molecular weight excluding hydrogens is 781 g/mol. The van der Waals surface area contributed by atoms with Crippen LogP contribution in [0.4, 0.5) is 0 Å². The number of fused-ring (bicyclic) bond motifs is 4. The number of ketones is 1. The first-order chi connectivity index (χ1) is 22.7. The van der Waals surface area contributed by atoms with Gasteiger partial charge in [-0.25, -0.2) is 0 Å². The summed E-state index contributed by atoms with van der Waals surface area (Å²) < 4.78 is 0. The van der Waals surface area contributed by atoms with Gasteiger partial charge in [0.1, 0.15) is 0 Å². The number of aromatic nitrogens is 2. The van der Waals surface area contributed by atoms with Crippen molar-refractivity contribution in [3.8, 4) is 11.3 Å². The van der Waals surface area contributed by atoms with E-state index in [1.165, 1.54) is 28.0 Å². The van der Waals surface area contributed by atoms with E-state index in [1.54, 1.807) is 0 Å². The van der Waals surface area contributed by atoms with Gasteiger partial charge < -0.3 is 5.11 Å². The Balaban J connectivity index is 0.000000347. The van der Waals surface area contributed by atoms with E-state index >= 15 is 0 Å². The number of rotatable bonds is 9. The maximum Gasteiger partial charge on any atom is 0.162 e. The third-order valence-electron chi connectivity index (χ3n) is 9.38. The fourth-order valence-corrected chi connectivity index (χ4v) is 6.63. The molecule has 1 radical (unpaired) electrons. The molecule has 0 aliphatic carbocycles. The molecule has 49 heavy (non-hydrogen) atoms. The number of nitrogens with zero attached hydrogens (tertiary/aromatic N) is 2. The molecule has 5 aromatic rings. The first-order valence-electron chi connectivity index (χ1n) is 17.8. The number of aliphatic hydroxyl groups is 1. The third kappa shape index (κ3) is 9.65. The fourth-order valence-electron chi connectivity index (χ4n) is 6.63. The Morgan fingerprint density at radius 3 is 2.00 bits per heavy atom. The SMILES string of the molecule is CC(C)(C)Cc1ccnc2c1ccc1c(-c3[c-]c4ccccc4c(C(C)(C)C)c3)nccc12.CCC(CC)C(=O)/C=C(\O)C(CC)CC.[Ir]. The van der Waals surface area contributed by atoms with Crippen molar-refractivity contribution < 1.29 is 30.0 Å². The molecule has 0 saturated carbocycles. The second-order valence-corrected chi connectivity index (χ2v) is 15.3. The topological polar surface area (TPSA) is 63.1 Å². The van der Waals surface area contributed by atoms with Crippen LogP contribution in [0.15, 0.2) is 78.8 Å². The minimum absolute atomic E-state index is 0. The summed E-state index contributed by atoms with van der Waals surface area (Å²) in [5, 5.41) is 15.6. The van der Waals surface area contributed by atoms with E-state index < -0.39 is 0 Å². The summed E-state index contributed by atoms with van der Waals surface area (Å²) in [6, 6.07) is 23.2. The molecule has 5 heteroatoms. The maximum absolute atomic E-state index is 11.7. The molecule has 4 nitrogen and oxygen atoms in total. The summed E-state index contributed by atoms with van der Waals surface area (Å²) in [7, 11) is 0. The van der Waals surface area contributed by atoms with Gasteiger partial charge in [0.25, 0.3) is 0 Å². The van der Waals surface area contributed by atoms with E-state index in [4.69, 9.17) is 9.97 Å². The predicted molar refractivity (Wildman–Crippen MR) is 205 cm³/mol. The van der Waals surface area contributed by atoms with Crippen molar-refractivity contribution in [3.05, 3.63) is 96.0 Å². The Morgan fingerprint density at radius 1 is 0.776 bits per heavy atom. The predicted octanol–water partition coefficient (Wildman–Crippen LogP) is 12.2. The number of benzene rings is 3. The van der Waals surface area contributed by atoms with E-state index in [0.29, 0.717) is 0 Å². The Labute approximate surface area is 308 Å². The van der Waals surface area contributed by atoms with Crippen molar-refractivity contribution in [3.63, 3.8) is 0 Å². The minimum Gasteiger partial charge on any atom is -0.512 e. The van der Waals surface area contributed by atoms with Gasteiger partial charge in [-0.2, -0.15) is 0 Å². The quantitative estimate of drug-likeness (QED) is 0.0695. The molecule has 0 atom stereocenters. The molecular formula is C44H55IrN2O2-. The van der Waals surface area contributed by atoms with Crippen molar-refractivity contribution in [1.82, 2.24) is 9.97 Å². The van der Waals surface area contributed by atoms with Gasteiger partial charge in [-0.3, -0.25) is 14.8 Å². The van der Waals surface area contributed by atoms with Crippen molar-refractivity contribution in [2.24, 2.45) is 17.3 Å². The molecule has 0 unspecified atom stereocenters. The van der Waals surface area contributed by atoms with E-state index in [1.807, 2.05) is 40.1 Å². The normalized spacial score (nSPS) is 12.4. The van der Waals surface area contributed by atoms with Crippen LogP contribution in [0.2, 0.25) is 0 Å². The first kappa shape index (κ1) is 40.0. The van der Waals surface area contributed by atoms with Crippen LogP contribution in [-0.4, -0.2) is 20.9 Å². The van der Waals surface area contributed by atoms with Crippen LogP contribution >= 0.6 is 0 Å². The van der Waals surface area contributed by atoms with E-state index in [2.05, 4.69) is 102 Å². The molecule has 0 fully saturated rings. The van der Waals surface area contributed by atoms with Gasteiger partial charge in [-0.1, -0.05) is 111 Å². The smallest absolute Gasteiger partial charge is 0.162 e. The zero-order valence-electron chi connectivity index (χ0n) is 31.2. The largest absolute Gasteiger partial charge is 0.512 e. The van der Waals surface area contributed by atoms with Crippen LogP contribution in [0, 0.1) is 23.3 Å². The summed E-state index contributed by atoms with van der Waals surface area (Å²) in [6.07, 6.45) is 9.78. The van der Waals surface area contributed by atoms with Crippen LogP contribution < -0.4 is 0 Å². The summed E-state index contributed by atoms with van der Waals surface area (Å²) in [5.74, 6) is 0.547. The van der Waals surface area contributed by atoms with Crippen LogP contribution in [0.25, 0.3) is 43.7 Å². The van der Waals surface area contributed by atoms with Gasteiger partial charge in [0.2, 0.25) is 0 Å². The Bertz CT molecular complexity index is 1900. The molecule has 0 amide bonds. The van der Waals surface area contributed by atoms with Gasteiger partial charge in [-0.05, 0) is 66.0 Å². The number of carbonyl (C=O) groups excluding carboxylic acids is 1. The number of hydrogen-bond acceptors (Lipinski definition) is 4. The van der Waals surface area contributed by atoms with E-state index in [0.717, 1.165) is 65.0 Å². The molecule has 2 aromatic heterocycles. The van der Waals surface area contributed by atoms with Crippen molar-refractivity contribution >= 4 is 38.2 Å². The van der Waals surface area contributed by atoms with E-state index in [-0.39, 0.29) is 54.3 Å². The molecule has 263 valence electrons. The first-order valence-corrected chi connectivity index (χ1v) is 17.8. The van der Waals surface area contributed by atoms with Crippen LogP contribution in [0.5, 0.6) is 0 Å². The van der Waals surface area contributed by atoms with Gasteiger partial charge in [-0.15, -0.1) is 29.1 Å². The molecule has 3 aromatic carbocycles. The number of allylic oxidation sites excluding steroid dienone is 2. The summed E-state index contributed by atoms with van der Waals surface area (Å²) in [4.78, 5) is 21.4. The molecule has 0 aliphatic heterocycles. The van der Waals surface area contributed by atoms with E-state index in [9.17, 15) is 9.90 Å². The fraction of sp³-hybridized carbons (Fsp3) is 0.432. The zero-order chi connectivity index (χ0) is 35.2. The Morgan fingerprint density at radius 2 is 1.39 bits per heavy atom. The number of carbonyl (C=O) groups is 1. The number of pyridine rings is 2. The maximum atomic E-state index is 11.7. The summed E-state index contributed by atoms with van der Waals surface area (Å²) in [5.41, 5.74) is 5.95. The minimum atomic E-state index is 0. The molecule has 0 spiro atoms.